The van der Waals surface area contributed by atoms with Gasteiger partial charge in [0, 0.05) is 12.3 Å². The maximum absolute atomic E-state index is 13.1. The van der Waals surface area contributed by atoms with Gasteiger partial charge in [0.05, 0.1) is 25.1 Å². The fourth-order valence-electron chi connectivity index (χ4n) is 3.52. The summed E-state index contributed by atoms with van der Waals surface area (Å²) in [4.78, 5) is 33.2. The topological polar surface area (TPSA) is 86.1 Å². The van der Waals surface area contributed by atoms with Gasteiger partial charge in [-0.25, -0.2) is 9.97 Å². The molecule has 10 heteroatoms. The summed E-state index contributed by atoms with van der Waals surface area (Å²) in [5.41, 5.74) is -1.65. The van der Waals surface area contributed by atoms with E-state index in [2.05, 4.69) is 15.3 Å². The first-order valence-corrected chi connectivity index (χ1v) is 9.24. The molecule has 2 aromatic heterocycles. The van der Waals surface area contributed by atoms with Gasteiger partial charge in [-0.3, -0.25) is 9.59 Å². The van der Waals surface area contributed by atoms with Crippen molar-refractivity contribution in [3.8, 4) is 5.88 Å². The Morgan fingerprint density at radius 2 is 2.00 bits per heavy atom. The zero-order valence-corrected chi connectivity index (χ0v) is 15.8. The second-order valence-corrected chi connectivity index (χ2v) is 7.00. The number of pyridine rings is 1. The predicted octanol–water partition coefficient (Wildman–Crippen LogP) is 3.43. The van der Waals surface area contributed by atoms with Crippen LogP contribution in [0.5, 0.6) is 5.88 Å². The normalized spacial score (nSPS) is 15.9. The molecule has 1 amide bonds. The van der Waals surface area contributed by atoms with Crippen LogP contribution in [0.25, 0.3) is 0 Å². The number of halogens is 3. The van der Waals surface area contributed by atoms with Gasteiger partial charge >= 0.3 is 6.18 Å². The predicted molar refractivity (Wildman–Crippen MR) is 98.5 cm³/mol. The molecule has 2 aromatic rings. The average Bonchev–Trinajstić information content (AvgIpc) is 3.19. The van der Waals surface area contributed by atoms with Gasteiger partial charge in [0.15, 0.2) is 5.82 Å². The average molecular weight is 410 g/mol. The van der Waals surface area contributed by atoms with E-state index >= 15 is 0 Å². The van der Waals surface area contributed by atoms with Crippen LogP contribution >= 0.6 is 0 Å². The molecule has 0 unspecified atom stereocenters. The molecule has 0 bridgehead atoms. The molecular formula is C19H21F3N4O3. The minimum absolute atomic E-state index is 0.118. The number of anilines is 1. The van der Waals surface area contributed by atoms with Crippen molar-refractivity contribution in [1.82, 2.24) is 14.5 Å². The molecule has 0 saturated heterocycles. The molecule has 1 aliphatic carbocycles. The molecule has 29 heavy (non-hydrogen) atoms. The Balaban J connectivity index is 1.91. The lowest BCUT2D eigenvalue weighted by Crippen LogP contribution is -2.35. The van der Waals surface area contributed by atoms with Crippen molar-refractivity contribution in [2.75, 3.05) is 12.4 Å². The third kappa shape index (κ3) is 5.12. The van der Waals surface area contributed by atoms with Gasteiger partial charge in [0.2, 0.25) is 11.8 Å². The number of aromatic nitrogens is 3. The molecular weight excluding hydrogens is 389 g/mol. The molecule has 3 rings (SSSR count). The fraction of sp³-hybridized carbons (Fsp3) is 0.474. The Hall–Kier alpha value is -2.91. The second-order valence-electron chi connectivity index (χ2n) is 7.00. The van der Waals surface area contributed by atoms with Gasteiger partial charge in [0.1, 0.15) is 6.04 Å². The monoisotopic (exact) mass is 410 g/mol. The number of amides is 1. The van der Waals surface area contributed by atoms with Crippen molar-refractivity contribution in [2.45, 2.75) is 44.3 Å². The Bertz CT molecular complexity index is 906. The minimum Gasteiger partial charge on any atom is -0.480 e. The molecule has 1 atom stereocenters. The first kappa shape index (κ1) is 20.8. The minimum atomic E-state index is -4.62. The maximum atomic E-state index is 13.1. The van der Waals surface area contributed by atoms with Gasteiger partial charge in [-0.1, -0.05) is 25.7 Å². The van der Waals surface area contributed by atoms with E-state index in [4.69, 9.17) is 4.74 Å². The van der Waals surface area contributed by atoms with Crippen LogP contribution in [0, 0.1) is 5.92 Å². The van der Waals surface area contributed by atoms with Gasteiger partial charge in [0.25, 0.3) is 5.56 Å². The number of carbonyl (C=O) groups is 1. The summed E-state index contributed by atoms with van der Waals surface area (Å²) in [5.74, 6) is -0.0845. The highest BCUT2D eigenvalue weighted by Gasteiger charge is 2.33. The third-order valence-corrected chi connectivity index (χ3v) is 5.02. The maximum Gasteiger partial charge on any atom is 0.417 e. The highest BCUT2D eigenvalue weighted by Crippen LogP contribution is 2.33. The lowest BCUT2D eigenvalue weighted by molar-refractivity contribution is -0.138. The summed E-state index contributed by atoms with van der Waals surface area (Å²) in [7, 11) is 1.42. The van der Waals surface area contributed by atoms with E-state index < -0.39 is 29.2 Å². The Labute approximate surface area is 164 Å². The zero-order chi connectivity index (χ0) is 21.0. The number of methoxy groups -OCH3 is 1. The quantitative estimate of drug-likeness (QED) is 0.789. The Kier molecular flexibility index (Phi) is 6.19. The molecule has 0 aromatic carbocycles. The number of hydrogen-bond acceptors (Lipinski definition) is 5. The number of alkyl halides is 3. The molecule has 1 fully saturated rings. The number of carbonyl (C=O) groups excluding carboxylic acids is 1. The summed E-state index contributed by atoms with van der Waals surface area (Å²) in [6, 6.07) is 0.472. The molecule has 1 saturated carbocycles. The van der Waals surface area contributed by atoms with E-state index in [0.29, 0.717) is 6.20 Å². The van der Waals surface area contributed by atoms with E-state index in [0.717, 1.165) is 42.4 Å². The van der Waals surface area contributed by atoms with Crippen molar-refractivity contribution >= 4 is 11.7 Å². The summed E-state index contributed by atoms with van der Waals surface area (Å²) >= 11 is 0. The summed E-state index contributed by atoms with van der Waals surface area (Å²) in [5, 5.41) is 2.54. The standard InChI is InChI=1S/C19H21F3N4O3/c1-29-16-10-23-15(9-24-16)25-18(28)14(8-12-4-2-3-5-12)26-11-13(19(20,21)22)6-7-17(26)27/h6-7,9-12,14H,2-5,8H2,1H3,(H,23,25,28)/t14-/m0/s1. The summed E-state index contributed by atoms with van der Waals surface area (Å²) in [6.45, 7) is 0. The fourth-order valence-corrected chi connectivity index (χ4v) is 3.52. The van der Waals surface area contributed by atoms with Crippen LogP contribution in [0.2, 0.25) is 0 Å². The van der Waals surface area contributed by atoms with Crippen molar-refractivity contribution in [3.63, 3.8) is 0 Å². The highest BCUT2D eigenvalue weighted by atomic mass is 19.4. The van der Waals surface area contributed by atoms with Crippen LogP contribution in [0.3, 0.4) is 0 Å². The van der Waals surface area contributed by atoms with Crippen LogP contribution in [0.1, 0.15) is 43.7 Å². The van der Waals surface area contributed by atoms with Crippen molar-refractivity contribution in [3.05, 3.63) is 46.6 Å². The first-order valence-electron chi connectivity index (χ1n) is 9.24. The third-order valence-electron chi connectivity index (χ3n) is 5.02. The van der Waals surface area contributed by atoms with Crippen molar-refractivity contribution < 1.29 is 22.7 Å². The SMILES string of the molecule is COc1cnc(NC(=O)[C@H](CC2CCCC2)n2cc(C(F)(F)F)ccc2=O)cn1. The van der Waals surface area contributed by atoms with Crippen LogP contribution in [0.15, 0.2) is 35.5 Å². The van der Waals surface area contributed by atoms with Gasteiger partial charge in [-0.2, -0.15) is 13.2 Å². The molecule has 2 heterocycles. The van der Waals surface area contributed by atoms with E-state index in [-0.39, 0.29) is 24.0 Å². The van der Waals surface area contributed by atoms with E-state index in [1.807, 2.05) is 0 Å². The Morgan fingerprint density at radius 1 is 1.28 bits per heavy atom. The van der Waals surface area contributed by atoms with Gasteiger partial charge in [-0.15, -0.1) is 0 Å². The van der Waals surface area contributed by atoms with Crippen LogP contribution in [-0.2, 0) is 11.0 Å². The number of rotatable bonds is 6. The second kappa shape index (κ2) is 8.62. The molecule has 1 aliphatic rings. The summed E-state index contributed by atoms with van der Waals surface area (Å²) < 4.78 is 45.2. The zero-order valence-electron chi connectivity index (χ0n) is 15.8. The largest absolute Gasteiger partial charge is 0.480 e. The van der Waals surface area contributed by atoms with E-state index in [1.54, 1.807) is 0 Å². The number of nitrogens with zero attached hydrogens (tertiary/aromatic N) is 3. The smallest absolute Gasteiger partial charge is 0.417 e. The number of ether oxygens (including phenoxy) is 1. The van der Waals surface area contributed by atoms with Crippen LogP contribution < -0.4 is 15.6 Å². The number of hydrogen-bond donors (Lipinski definition) is 1. The summed E-state index contributed by atoms with van der Waals surface area (Å²) in [6.07, 6.45) is 2.69. The first-order chi connectivity index (χ1) is 13.8. The van der Waals surface area contributed by atoms with Gasteiger partial charge in [-0.05, 0) is 18.4 Å². The highest BCUT2D eigenvalue weighted by molar-refractivity contribution is 5.92. The van der Waals surface area contributed by atoms with Crippen LogP contribution in [0.4, 0.5) is 19.0 Å². The van der Waals surface area contributed by atoms with E-state index in [1.165, 1.54) is 19.5 Å². The van der Waals surface area contributed by atoms with Crippen molar-refractivity contribution in [1.29, 1.82) is 0 Å². The lowest BCUT2D eigenvalue weighted by Gasteiger charge is -2.23. The lowest BCUT2D eigenvalue weighted by atomic mass is 9.97. The molecule has 0 aliphatic heterocycles. The molecule has 0 spiro atoms. The molecule has 156 valence electrons. The molecule has 0 radical (unpaired) electrons. The van der Waals surface area contributed by atoms with Crippen LogP contribution in [-0.4, -0.2) is 27.6 Å². The molecule has 1 N–H and O–H groups in total. The van der Waals surface area contributed by atoms with Crippen molar-refractivity contribution in [2.24, 2.45) is 5.92 Å². The number of nitrogens with one attached hydrogen (secondary N) is 1. The van der Waals surface area contributed by atoms with Gasteiger partial charge < -0.3 is 14.6 Å². The van der Waals surface area contributed by atoms with E-state index in [9.17, 15) is 22.8 Å². The Morgan fingerprint density at radius 3 is 2.59 bits per heavy atom. The molecule has 7 nitrogen and oxygen atoms in total.